The van der Waals surface area contributed by atoms with Crippen LogP contribution < -0.4 is 0 Å². The van der Waals surface area contributed by atoms with Crippen LogP contribution in [0.5, 0.6) is 0 Å². The first-order valence-electron chi connectivity index (χ1n) is 13.5. The number of carbonyl (C=O) groups is 2. The van der Waals surface area contributed by atoms with Crippen LogP contribution in [-0.2, 0) is 23.8 Å². The summed E-state index contributed by atoms with van der Waals surface area (Å²) in [5, 5.41) is 9.46. The first kappa shape index (κ1) is 31.9. The Morgan fingerprint density at radius 1 is 0.697 bits per heavy atom. The lowest BCUT2D eigenvalue weighted by atomic mass is 9.80. The number of unbranched alkanes of at least 4 members (excludes halogenated alkanes) is 12. The number of aliphatic carboxylic acids is 1. The molecule has 1 atom stereocenters. The highest BCUT2D eigenvalue weighted by Crippen LogP contribution is 2.31. The van der Waals surface area contributed by atoms with Crippen LogP contribution >= 0.6 is 0 Å². The Labute approximate surface area is 203 Å². The van der Waals surface area contributed by atoms with E-state index in [2.05, 4.69) is 13.8 Å². The average Bonchev–Trinajstić information content (AvgIpc) is 2.79. The topological polar surface area (TPSA) is 82.1 Å². The number of rotatable bonds is 27. The number of carboxylic acids is 1. The van der Waals surface area contributed by atoms with Crippen LogP contribution in [0.15, 0.2) is 0 Å². The summed E-state index contributed by atoms with van der Waals surface area (Å²) < 4.78 is 16.6. The van der Waals surface area contributed by atoms with E-state index in [1.807, 2.05) is 0 Å². The largest absolute Gasteiger partial charge is 0.481 e. The van der Waals surface area contributed by atoms with Crippen molar-refractivity contribution in [3.63, 3.8) is 0 Å². The Balaban J connectivity index is 4.21. The summed E-state index contributed by atoms with van der Waals surface area (Å²) >= 11 is 0. The van der Waals surface area contributed by atoms with Gasteiger partial charge in [-0.1, -0.05) is 90.9 Å². The van der Waals surface area contributed by atoms with Gasteiger partial charge >= 0.3 is 5.97 Å². The molecular weight excluding hydrogens is 420 g/mol. The number of carboxylic acid groups (broad SMARTS) is 1. The minimum absolute atomic E-state index is 0.0428. The SMILES string of the molecule is CCCCCCCCCCOC[C@@](CCCCCCOCCCCC)(COC=O)CC(=O)O. The number of carbonyl (C=O) groups excluding carboxylic acids is 1. The standard InChI is InChI=1S/C27H52O6/c1-3-5-7-8-9-10-12-17-21-32-23-27(22-26(29)30,24-33-25-28)18-14-11-13-16-20-31-19-15-6-4-2/h25H,3-24H2,1-2H3,(H,29,30)/t27-/m0/s1. The van der Waals surface area contributed by atoms with Crippen molar-refractivity contribution < 1.29 is 28.9 Å². The van der Waals surface area contributed by atoms with E-state index in [9.17, 15) is 14.7 Å². The Kier molecular flexibility index (Phi) is 23.2. The van der Waals surface area contributed by atoms with Crippen molar-refractivity contribution in [1.82, 2.24) is 0 Å². The van der Waals surface area contributed by atoms with Crippen molar-refractivity contribution in [2.75, 3.05) is 33.0 Å². The van der Waals surface area contributed by atoms with Gasteiger partial charge < -0.3 is 19.3 Å². The molecule has 196 valence electrons. The molecule has 6 heteroatoms. The molecule has 0 radical (unpaired) electrons. The monoisotopic (exact) mass is 472 g/mol. The molecule has 0 aliphatic rings. The van der Waals surface area contributed by atoms with Gasteiger partial charge in [0.1, 0.15) is 0 Å². The van der Waals surface area contributed by atoms with Gasteiger partial charge in [0.15, 0.2) is 0 Å². The average molecular weight is 473 g/mol. The van der Waals surface area contributed by atoms with Crippen LogP contribution in [0.1, 0.15) is 123 Å². The molecule has 0 aromatic heterocycles. The van der Waals surface area contributed by atoms with E-state index < -0.39 is 11.4 Å². The Bertz CT molecular complexity index is 416. The molecule has 0 aromatic rings. The molecule has 0 saturated carbocycles. The summed E-state index contributed by atoms with van der Waals surface area (Å²) in [7, 11) is 0. The normalized spacial score (nSPS) is 13.0. The van der Waals surface area contributed by atoms with Gasteiger partial charge in [-0.3, -0.25) is 9.59 Å². The lowest BCUT2D eigenvalue weighted by Crippen LogP contribution is -2.35. The lowest BCUT2D eigenvalue weighted by Gasteiger charge is -2.31. The van der Waals surface area contributed by atoms with Crippen LogP contribution in [0.25, 0.3) is 0 Å². The van der Waals surface area contributed by atoms with Crippen molar-refractivity contribution in [3.8, 4) is 0 Å². The van der Waals surface area contributed by atoms with E-state index in [4.69, 9.17) is 14.2 Å². The second kappa shape index (κ2) is 24.0. The third kappa shape index (κ3) is 21.2. The molecule has 0 aliphatic carbocycles. The van der Waals surface area contributed by atoms with E-state index >= 15 is 0 Å². The molecule has 6 nitrogen and oxygen atoms in total. The zero-order valence-electron chi connectivity index (χ0n) is 21.6. The fourth-order valence-electron chi connectivity index (χ4n) is 4.15. The predicted octanol–water partition coefficient (Wildman–Crippen LogP) is 6.94. The number of hydrogen-bond donors (Lipinski definition) is 1. The summed E-state index contributed by atoms with van der Waals surface area (Å²) in [4.78, 5) is 22.3. The van der Waals surface area contributed by atoms with Gasteiger partial charge in [0, 0.05) is 25.2 Å². The zero-order valence-corrected chi connectivity index (χ0v) is 21.6. The first-order valence-corrected chi connectivity index (χ1v) is 13.5. The molecule has 0 saturated heterocycles. The van der Waals surface area contributed by atoms with Gasteiger partial charge in [-0.15, -0.1) is 0 Å². The summed E-state index contributed by atoms with van der Waals surface area (Å²) in [6, 6.07) is 0. The zero-order chi connectivity index (χ0) is 24.5. The Morgan fingerprint density at radius 3 is 1.76 bits per heavy atom. The summed E-state index contributed by atoms with van der Waals surface area (Å²) in [6.07, 6.45) is 18.1. The van der Waals surface area contributed by atoms with Gasteiger partial charge in [0.25, 0.3) is 6.47 Å². The smallest absolute Gasteiger partial charge is 0.304 e. The van der Waals surface area contributed by atoms with Crippen molar-refractivity contribution in [2.24, 2.45) is 5.41 Å². The second-order valence-electron chi connectivity index (χ2n) is 9.49. The highest BCUT2D eigenvalue weighted by atomic mass is 16.5. The van der Waals surface area contributed by atoms with Gasteiger partial charge in [0.2, 0.25) is 0 Å². The van der Waals surface area contributed by atoms with Crippen LogP contribution in [-0.4, -0.2) is 50.6 Å². The van der Waals surface area contributed by atoms with Crippen molar-refractivity contribution >= 4 is 12.4 Å². The Hall–Kier alpha value is -1.14. The maximum absolute atomic E-state index is 11.5. The third-order valence-corrected chi connectivity index (χ3v) is 6.17. The number of hydrogen-bond acceptors (Lipinski definition) is 5. The minimum atomic E-state index is -0.874. The minimum Gasteiger partial charge on any atom is -0.481 e. The van der Waals surface area contributed by atoms with Gasteiger partial charge in [-0.2, -0.15) is 0 Å². The second-order valence-corrected chi connectivity index (χ2v) is 9.49. The molecule has 0 spiro atoms. The van der Waals surface area contributed by atoms with Crippen LogP contribution in [0.2, 0.25) is 0 Å². The van der Waals surface area contributed by atoms with E-state index in [0.29, 0.717) is 26.1 Å². The van der Waals surface area contributed by atoms with Crippen molar-refractivity contribution in [2.45, 2.75) is 123 Å². The maximum Gasteiger partial charge on any atom is 0.304 e. The molecule has 33 heavy (non-hydrogen) atoms. The van der Waals surface area contributed by atoms with Crippen LogP contribution in [0, 0.1) is 5.41 Å². The summed E-state index contributed by atoms with van der Waals surface area (Å²) in [5.41, 5.74) is -0.649. The fraction of sp³-hybridized carbons (Fsp3) is 0.926. The number of ether oxygens (including phenoxy) is 3. The summed E-state index contributed by atoms with van der Waals surface area (Å²) in [5.74, 6) is -0.874. The van der Waals surface area contributed by atoms with E-state index in [1.54, 1.807) is 0 Å². The molecule has 0 fully saturated rings. The van der Waals surface area contributed by atoms with Crippen molar-refractivity contribution in [1.29, 1.82) is 0 Å². The summed E-state index contributed by atoms with van der Waals surface area (Å²) in [6.45, 7) is 7.51. The lowest BCUT2D eigenvalue weighted by molar-refractivity contribution is -0.147. The highest BCUT2D eigenvalue weighted by molar-refractivity contribution is 5.67. The molecule has 1 N–H and O–H groups in total. The molecule has 0 heterocycles. The van der Waals surface area contributed by atoms with Gasteiger partial charge in [-0.05, 0) is 25.7 Å². The predicted molar refractivity (Wildman–Crippen MR) is 134 cm³/mol. The van der Waals surface area contributed by atoms with Gasteiger partial charge in [-0.25, -0.2) is 0 Å². The van der Waals surface area contributed by atoms with E-state index in [0.717, 1.165) is 58.2 Å². The Morgan fingerprint density at radius 2 is 1.18 bits per heavy atom. The fourth-order valence-corrected chi connectivity index (χ4v) is 4.15. The third-order valence-electron chi connectivity index (χ3n) is 6.17. The molecule has 0 unspecified atom stereocenters. The molecular formula is C27H52O6. The van der Waals surface area contributed by atoms with Crippen LogP contribution in [0.3, 0.4) is 0 Å². The molecule has 0 amide bonds. The van der Waals surface area contributed by atoms with E-state index in [1.165, 1.54) is 51.4 Å². The first-order chi connectivity index (χ1) is 16.1. The quantitative estimate of drug-likeness (QED) is 0.103. The molecule has 0 rings (SSSR count). The van der Waals surface area contributed by atoms with Crippen molar-refractivity contribution in [3.05, 3.63) is 0 Å². The highest BCUT2D eigenvalue weighted by Gasteiger charge is 2.34. The molecule has 0 aromatic carbocycles. The van der Waals surface area contributed by atoms with E-state index in [-0.39, 0.29) is 13.0 Å². The van der Waals surface area contributed by atoms with Crippen LogP contribution in [0.4, 0.5) is 0 Å². The van der Waals surface area contributed by atoms with Gasteiger partial charge in [0.05, 0.1) is 19.6 Å². The molecule has 0 aliphatic heterocycles. The maximum atomic E-state index is 11.5. The molecule has 0 bridgehead atoms.